The van der Waals surface area contributed by atoms with Gasteiger partial charge in [0.15, 0.2) is 0 Å². The summed E-state index contributed by atoms with van der Waals surface area (Å²) in [5.74, 6) is 0.139. The lowest BCUT2D eigenvalue weighted by molar-refractivity contribution is -0.132. The molecule has 1 aliphatic heterocycles. The zero-order chi connectivity index (χ0) is 18.7. The zero-order valence-electron chi connectivity index (χ0n) is 14.3. The summed E-state index contributed by atoms with van der Waals surface area (Å²) in [5.41, 5.74) is -0.798. The van der Waals surface area contributed by atoms with Crippen molar-refractivity contribution in [1.29, 1.82) is 0 Å². The van der Waals surface area contributed by atoms with Crippen molar-refractivity contribution in [3.63, 3.8) is 0 Å². The van der Waals surface area contributed by atoms with Gasteiger partial charge in [0.2, 0.25) is 0 Å². The van der Waals surface area contributed by atoms with E-state index in [9.17, 15) is 14.7 Å². The number of aliphatic hydroxyl groups excluding tert-OH is 1. The van der Waals surface area contributed by atoms with Crippen LogP contribution in [0.3, 0.4) is 0 Å². The average molecular weight is 401 g/mol. The third kappa shape index (κ3) is 4.08. The van der Waals surface area contributed by atoms with Gasteiger partial charge in [-0.1, -0.05) is 48.9 Å². The van der Waals surface area contributed by atoms with Crippen molar-refractivity contribution in [2.24, 2.45) is 0 Å². The van der Waals surface area contributed by atoms with Crippen LogP contribution in [-0.4, -0.2) is 46.7 Å². The van der Waals surface area contributed by atoms with Crippen molar-refractivity contribution >= 4 is 35.1 Å². The molecule has 2 N–H and O–H groups in total. The van der Waals surface area contributed by atoms with E-state index in [1.165, 1.54) is 6.07 Å². The summed E-state index contributed by atoms with van der Waals surface area (Å²) >= 11 is 11.9. The first-order chi connectivity index (χ1) is 12.4. The van der Waals surface area contributed by atoms with Crippen molar-refractivity contribution < 1.29 is 19.4 Å². The summed E-state index contributed by atoms with van der Waals surface area (Å²) in [7, 11) is 0. The maximum atomic E-state index is 12.8. The molecule has 1 atom stereocenters. The predicted octanol–water partition coefficient (Wildman–Crippen LogP) is 3.38. The molecule has 0 radical (unpaired) electrons. The fourth-order valence-corrected chi connectivity index (χ4v) is 4.02. The minimum absolute atomic E-state index is 0.0919. The molecule has 1 unspecified atom stereocenters. The number of nitrogens with one attached hydrogen (secondary N) is 1. The van der Waals surface area contributed by atoms with Crippen LogP contribution in [0.4, 0.5) is 4.79 Å². The van der Waals surface area contributed by atoms with Gasteiger partial charge in [0.1, 0.15) is 24.0 Å². The van der Waals surface area contributed by atoms with Crippen molar-refractivity contribution in [2.45, 2.75) is 50.2 Å². The number of carbonyl (C=O) groups is 2. The van der Waals surface area contributed by atoms with Crippen molar-refractivity contribution in [1.82, 2.24) is 10.2 Å². The van der Waals surface area contributed by atoms with Crippen LogP contribution >= 0.6 is 23.2 Å². The lowest BCUT2D eigenvalue weighted by atomic mass is 9.90. The van der Waals surface area contributed by atoms with Gasteiger partial charge in [-0.05, 0) is 31.0 Å². The third-order valence-electron chi connectivity index (χ3n) is 4.92. The number of imide groups is 1. The second-order valence-electron chi connectivity index (χ2n) is 6.88. The Bertz CT molecular complexity index is 690. The van der Waals surface area contributed by atoms with E-state index in [1.54, 1.807) is 12.1 Å². The maximum Gasteiger partial charge on any atom is 0.325 e. The van der Waals surface area contributed by atoms with Gasteiger partial charge in [-0.15, -0.1) is 0 Å². The fraction of sp³-hybridized carbons (Fsp3) is 0.556. The first kappa shape index (κ1) is 19.3. The lowest BCUT2D eigenvalue weighted by Gasteiger charge is -2.25. The maximum absolute atomic E-state index is 12.8. The minimum atomic E-state index is -1.02. The molecule has 26 heavy (non-hydrogen) atoms. The Labute approximate surface area is 162 Å². The lowest BCUT2D eigenvalue weighted by Crippen LogP contribution is -2.47. The number of hydrogen-bond acceptors (Lipinski definition) is 4. The van der Waals surface area contributed by atoms with E-state index in [0.29, 0.717) is 28.6 Å². The second-order valence-corrected chi connectivity index (χ2v) is 7.73. The highest BCUT2D eigenvalue weighted by atomic mass is 35.5. The molecule has 1 spiro atoms. The number of carbonyl (C=O) groups excluding carboxylic acids is 2. The Balaban J connectivity index is 1.59. The van der Waals surface area contributed by atoms with E-state index in [4.69, 9.17) is 27.9 Å². The molecule has 1 aromatic rings. The van der Waals surface area contributed by atoms with Gasteiger partial charge >= 0.3 is 6.03 Å². The highest BCUT2D eigenvalue weighted by molar-refractivity contribution is 6.35. The second kappa shape index (κ2) is 8.03. The molecule has 3 rings (SSSR count). The van der Waals surface area contributed by atoms with E-state index in [-0.39, 0.29) is 19.1 Å². The molecule has 0 aromatic heterocycles. The van der Waals surface area contributed by atoms with Crippen LogP contribution in [-0.2, 0) is 4.79 Å². The molecule has 1 saturated heterocycles. The van der Waals surface area contributed by atoms with Crippen LogP contribution in [0.1, 0.15) is 38.5 Å². The molecule has 142 valence electrons. The number of rotatable bonds is 5. The average Bonchev–Trinajstić information content (AvgIpc) is 2.76. The Kier molecular flexibility index (Phi) is 5.95. The molecule has 1 aromatic carbocycles. The highest BCUT2D eigenvalue weighted by Gasteiger charge is 2.50. The number of benzene rings is 1. The van der Waals surface area contributed by atoms with Gasteiger partial charge in [-0.2, -0.15) is 0 Å². The van der Waals surface area contributed by atoms with Crippen LogP contribution in [0.15, 0.2) is 18.2 Å². The van der Waals surface area contributed by atoms with E-state index < -0.39 is 17.7 Å². The molecular weight excluding hydrogens is 379 g/mol. The van der Waals surface area contributed by atoms with E-state index in [2.05, 4.69) is 5.32 Å². The van der Waals surface area contributed by atoms with Gasteiger partial charge < -0.3 is 15.2 Å². The number of hydrogen-bond donors (Lipinski definition) is 2. The summed E-state index contributed by atoms with van der Waals surface area (Å²) in [6.07, 6.45) is 4.27. The van der Waals surface area contributed by atoms with Crippen molar-refractivity contribution in [3.8, 4) is 5.75 Å². The largest absolute Gasteiger partial charge is 0.489 e. The Hall–Kier alpha value is -1.50. The minimum Gasteiger partial charge on any atom is -0.489 e. The SMILES string of the molecule is O=C1NC2(CCCCCC2)C(=O)N1CC(O)COc1ccc(Cl)cc1Cl. The standard InChI is InChI=1S/C18H22Cl2N2O4/c19-12-5-6-15(14(20)9-12)26-11-13(23)10-22-16(24)18(21-17(22)25)7-3-1-2-4-8-18/h5-6,9,13,23H,1-4,7-8,10-11H2,(H,21,25). The van der Waals surface area contributed by atoms with Gasteiger partial charge in [0.25, 0.3) is 5.91 Å². The van der Waals surface area contributed by atoms with E-state index >= 15 is 0 Å². The van der Waals surface area contributed by atoms with Crippen molar-refractivity contribution in [2.75, 3.05) is 13.2 Å². The van der Waals surface area contributed by atoms with Crippen LogP contribution in [0.25, 0.3) is 0 Å². The molecule has 6 nitrogen and oxygen atoms in total. The first-order valence-corrected chi connectivity index (χ1v) is 9.57. The molecule has 3 amide bonds. The molecule has 2 aliphatic rings. The highest BCUT2D eigenvalue weighted by Crippen LogP contribution is 2.33. The van der Waals surface area contributed by atoms with Crippen LogP contribution in [0.5, 0.6) is 5.75 Å². The number of ether oxygens (including phenoxy) is 1. The number of β-amino-alcohol motifs (C(OH)–C–C–N with tert-alkyl or cyclic N) is 1. The van der Waals surface area contributed by atoms with E-state index in [1.807, 2.05) is 0 Å². The summed E-state index contributed by atoms with van der Waals surface area (Å²) < 4.78 is 5.48. The normalized spacial score (nSPS) is 20.8. The molecule has 8 heteroatoms. The summed E-state index contributed by atoms with van der Waals surface area (Å²) in [6, 6.07) is 4.33. The fourth-order valence-electron chi connectivity index (χ4n) is 3.55. The quantitative estimate of drug-likeness (QED) is 0.742. The molecule has 2 fully saturated rings. The monoisotopic (exact) mass is 400 g/mol. The first-order valence-electron chi connectivity index (χ1n) is 8.81. The van der Waals surface area contributed by atoms with Gasteiger partial charge in [-0.3, -0.25) is 9.69 Å². The number of halogens is 2. The molecular formula is C18H22Cl2N2O4. The zero-order valence-corrected chi connectivity index (χ0v) is 15.9. The molecule has 1 aliphatic carbocycles. The summed E-state index contributed by atoms with van der Waals surface area (Å²) in [6.45, 7) is -0.205. The topological polar surface area (TPSA) is 78.9 Å². The van der Waals surface area contributed by atoms with Crippen LogP contribution < -0.4 is 10.1 Å². The molecule has 0 bridgehead atoms. The van der Waals surface area contributed by atoms with Gasteiger partial charge in [-0.25, -0.2) is 4.79 Å². The van der Waals surface area contributed by atoms with Crippen LogP contribution in [0, 0.1) is 0 Å². The number of aliphatic hydroxyl groups is 1. The molecule has 1 heterocycles. The number of nitrogens with zero attached hydrogens (tertiary/aromatic N) is 1. The summed E-state index contributed by atoms with van der Waals surface area (Å²) in [5, 5.41) is 13.9. The van der Waals surface area contributed by atoms with Gasteiger partial charge in [0, 0.05) is 5.02 Å². The van der Waals surface area contributed by atoms with Crippen molar-refractivity contribution in [3.05, 3.63) is 28.2 Å². The predicted molar refractivity (Wildman–Crippen MR) is 98.6 cm³/mol. The van der Waals surface area contributed by atoms with Gasteiger partial charge in [0.05, 0.1) is 11.6 Å². The van der Waals surface area contributed by atoms with Crippen LogP contribution in [0.2, 0.25) is 10.0 Å². The smallest absolute Gasteiger partial charge is 0.325 e. The Morgan fingerprint density at radius 2 is 1.88 bits per heavy atom. The number of amides is 3. The summed E-state index contributed by atoms with van der Waals surface area (Å²) in [4.78, 5) is 26.2. The molecule has 1 saturated carbocycles. The Morgan fingerprint density at radius 1 is 1.19 bits per heavy atom. The van der Waals surface area contributed by atoms with E-state index in [0.717, 1.165) is 30.6 Å². The number of urea groups is 1. The third-order valence-corrected chi connectivity index (χ3v) is 5.45. The Morgan fingerprint density at radius 3 is 2.54 bits per heavy atom.